The monoisotopic (exact) mass is 637 g/mol. The van der Waals surface area contributed by atoms with Gasteiger partial charge in [0.15, 0.2) is 5.82 Å². The highest BCUT2D eigenvalue weighted by Crippen LogP contribution is 2.35. The molecule has 0 saturated heterocycles. The summed E-state index contributed by atoms with van der Waals surface area (Å²) in [5.74, 6) is 0.718. The van der Waals surface area contributed by atoms with E-state index in [1.54, 1.807) is 0 Å². The number of para-hydroxylation sites is 1. The molecule has 234 valence electrons. The second-order valence-electron chi connectivity index (χ2n) is 12.5. The summed E-state index contributed by atoms with van der Waals surface area (Å²) in [5, 5.41) is 3.59. The number of hydrogen-bond acceptors (Lipinski definition) is 3. The average Bonchev–Trinajstić information content (AvgIpc) is 3.21. The molecular weight excluding hydrogens is 607 g/mol. The molecule has 2 heterocycles. The van der Waals surface area contributed by atoms with E-state index in [0.29, 0.717) is 0 Å². The summed E-state index contributed by atoms with van der Waals surface area (Å²) in [6, 6.07) is 63.9. The second kappa shape index (κ2) is 12.7. The van der Waals surface area contributed by atoms with Crippen LogP contribution >= 0.6 is 0 Å². The topological polar surface area (TPSA) is 38.7 Å². The van der Waals surface area contributed by atoms with Crippen molar-refractivity contribution < 1.29 is 0 Å². The van der Waals surface area contributed by atoms with Crippen LogP contribution in [0.3, 0.4) is 0 Å². The van der Waals surface area contributed by atoms with E-state index in [2.05, 4.69) is 145 Å². The Morgan fingerprint density at radius 3 is 1.58 bits per heavy atom. The third-order valence-electron chi connectivity index (χ3n) is 9.36. The van der Waals surface area contributed by atoms with Crippen molar-refractivity contribution in [2.75, 3.05) is 0 Å². The van der Waals surface area contributed by atoms with E-state index in [1.165, 1.54) is 27.5 Å². The Morgan fingerprint density at radius 1 is 0.320 bits per heavy atom. The Hall–Kier alpha value is -6.71. The maximum atomic E-state index is 5.01. The molecule has 0 spiro atoms. The maximum Gasteiger partial charge on any atom is 0.160 e. The van der Waals surface area contributed by atoms with Crippen molar-refractivity contribution in [3.8, 4) is 67.3 Å². The van der Waals surface area contributed by atoms with Crippen LogP contribution in [0.4, 0.5) is 0 Å². The lowest BCUT2D eigenvalue weighted by atomic mass is 9.93. The van der Waals surface area contributed by atoms with Gasteiger partial charge < -0.3 is 0 Å². The molecule has 2 aromatic heterocycles. The molecule has 0 atom stereocenters. The van der Waals surface area contributed by atoms with Crippen LogP contribution in [0.25, 0.3) is 89.0 Å². The van der Waals surface area contributed by atoms with Crippen LogP contribution in [-0.4, -0.2) is 15.0 Å². The summed E-state index contributed by atoms with van der Waals surface area (Å²) >= 11 is 0. The molecule has 0 unspecified atom stereocenters. The highest BCUT2D eigenvalue weighted by molar-refractivity contribution is 6.00. The van der Waals surface area contributed by atoms with Gasteiger partial charge in [0.2, 0.25) is 0 Å². The van der Waals surface area contributed by atoms with Gasteiger partial charge in [-0.3, -0.25) is 4.98 Å². The zero-order chi connectivity index (χ0) is 33.3. The Balaban J connectivity index is 1.06. The molecule has 50 heavy (non-hydrogen) atoms. The normalized spacial score (nSPS) is 11.2. The van der Waals surface area contributed by atoms with Crippen molar-refractivity contribution in [1.82, 2.24) is 15.0 Å². The van der Waals surface area contributed by atoms with Crippen LogP contribution in [0.2, 0.25) is 0 Å². The Labute approximate surface area is 291 Å². The van der Waals surface area contributed by atoms with Gasteiger partial charge >= 0.3 is 0 Å². The number of pyridine rings is 1. The summed E-state index contributed by atoms with van der Waals surface area (Å²) in [7, 11) is 0. The highest BCUT2D eigenvalue weighted by Gasteiger charge is 2.12. The van der Waals surface area contributed by atoms with Gasteiger partial charge in [-0.05, 0) is 56.8 Å². The van der Waals surface area contributed by atoms with E-state index in [-0.39, 0.29) is 0 Å². The van der Waals surface area contributed by atoms with Gasteiger partial charge in [0, 0.05) is 33.8 Å². The van der Waals surface area contributed by atoms with E-state index >= 15 is 0 Å². The molecule has 0 radical (unpaired) electrons. The summed E-state index contributed by atoms with van der Waals surface area (Å²) < 4.78 is 0. The molecule has 9 aromatic rings. The fourth-order valence-corrected chi connectivity index (χ4v) is 6.77. The first-order valence-corrected chi connectivity index (χ1v) is 16.8. The minimum atomic E-state index is 0.718. The van der Waals surface area contributed by atoms with Crippen molar-refractivity contribution in [2.24, 2.45) is 0 Å². The molecule has 0 aliphatic carbocycles. The zero-order valence-corrected chi connectivity index (χ0v) is 27.2. The lowest BCUT2D eigenvalue weighted by molar-refractivity contribution is 1.18. The second-order valence-corrected chi connectivity index (χ2v) is 12.5. The van der Waals surface area contributed by atoms with Gasteiger partial charge in [-0.15, -0.1) is 0 Å². The molecule has 9 rings (SSSR count). The molecule has 0 aliphatic rings. The first kappa shape index (κ1) is 29.4. The lowest BCUT2D eigenvalue weighted by Gasteiger charge is -2.12. The summed E-state index contributed by atoms with van der Waals surface area (Å²) in [6.45, 7) is 0. The molecule has 0 N–H and O–H groups in total. The minimum Gasteiger partial charge on any atom is -0.256 e. The van der Waals surface area contributed by atoms with E-state index in [9.17, 15) is 0 Å². The predicted octanol–water partition coefficient (Wildman–Crippen LogP) is 12.2. The fourth-order valence-electron chi connectivity index (χ4n) is 6.77. The van der Waals surface area contributed by atoms with E-state index in [4.69, 9.17) is 9.97 Å². The smallest absolute Gasteiger partial charge is 0.160 e. The Morgan fingerprint density at radius 2 is 0.860 bits per heavy atom. The third kappa shape index (κ3) is 5.61. The highest BCUT2D eigenvalue weighted by atomic mass is 14.9. The van der Waals surface area contributed by atoms with Gasteiger partial charge in [-0.1, -0.05) is 164 Å². The molecule has 0 saturated carbocycles. The minimum absolute atomic E-state index is 0.718. The van der Waals surface area contributed by atoms with Gasteiger partial charge in [0.05, 0.1) is 16.9 Å². The predicted molar refractivity (Wildman–Crippen MR) is 207 cm³/mol. The fraction of sp³-hybridized carbons (Fsp3) is 0. The van der Waals surface area contributed by atoms with Crippen LogP contribution < -0.4 is 0 Å². The van der Waals surface area contributed by atoms with Crippen LogP contribution in [0.15, 0.2) is 188 Å². The summed E-state index contributed by atoms with van der Waals surface area (Å²) in [5.41, 5.74) is 13.0. The van der Waals surface area contributed by atoms with Crippen molar-refractivity contribution in [3.63, 3.8) is 0 Å². The molecular formula is C47H31N3. The number of fused-ring (bicyclic) bond motifs is 2. The molecule has 0 amide bonds. The number of rotatable bonds is 6. The van der Waals surface area contributed by atoms with Crippen LogP contribution in [0, 0.1) is 0 Å². The third-order valence-corrected chi connectivity index (χ3v) is 9.36. The number of benzene rings is 7. The zero-order valence-electron chi connectivity index (χ0n) is 27.2. The Kier molecular flexibility index (Phi) is 7.49. The molecule has 0 bridgehead atoms. The van der Waals surface area contributed by atoms with Crippen molar-refractivity contribution >= 4 is 21.7 Å². The first-order valence-electron chi connectivity index (χ1n) is 16.8. The molecule has 0 aliphatic heterocycles. The van der Waals surface area contributed by atoms with Gasteiger partial charge in [-0.25, -0.2) is 9.97 Å². The number of hydrogen-bond donors (Lipinski definition) is 0. The number of aromatic nitrogens is 3. The Bertz CT molecular complexity index is 2550. The van der Waals surface area contributed by atoms with Crippen molar-refractivity contribution in [3.05, 3.63) is 188 Å². The van der Waals surface area contributed by atoms with Gasteiger partial charge in [-0.2, -0.15) is 0 Å². The first-order chi connectivity index (χ1) is 24.8. The van der Waals surface area contributed by atoms with Crippen molar-refractivity contribution in [2.45, 2.75) is 0 Å². The molecule has 7 aromatic carbocycles. The molecule has 3 nitrogen and oxygen atoms in total. The summed E-state index contributed by atoms with van der Waals surface area (Å²) in [6.07, 6.45) is 1.86. The lowest BCUT2D eigenvalue weighted by Crippen LogP contribution is -1.95. The van der Waals surface area contributed by atoms with Crippen LogP contribution in [0.1, 0.15) is 0 Å². The quantitative estimate of drug-likeness (QED) is 0.182. The standard InChI is InChI=1S/C47H31N3/c1-3-10-36(11-4-1)44-31-45(50-47(49-44)39-12-5-2-6-13-39)37-26-19-32(20-27-37)40-28-25-33-14-7-17-41(43(33)30-40)34-21-23-35(24-22-34)42-18-8-15-38-16-9-29-48-46(38)42/h1-31H. The summed E-state index contributed by atoms with van der Waals surface area (Å²) in [4.78, 5) is 14.6. The van der Waals surface area contributed by atoms with E-state index in [0.717, 1.165) is 61.5 Å². The van der Waals surface area contributed by atoms with E-state index in [1.807, 2.05) is 48.7 Å². The number of nitrogens with zero attached hydrogens (tertiary/aromatic N) is 3. The van der Waals surface area contributed by atoms with Crippen LogP contribution in [-0.2, 0) is 0 Å². The largest absolute Gasteiger partial charge is 0.256 e. The average molecular weight is 638 g/mol. The molecule has 3 heteroatoms. The van der Waals surface area contributed by atoms with Crippen LogP contribution in [0.5, 0.6) is 0 Å². The van der Waals surface area contributed by atoms with Gasteiger partial charge in [0.1, 0.15) is 0 Å². The van der Waals surface area contributed by atoms with Gasteiger partial charge in [0.25, 0.3) is 0 Å². The van der Waals surface area contributed by atoms with E-state index < -0.39 is 0 Å². The SMILES string of the molecule is c1ccc(-c2cc(-c3ccc(-c4ccc5cccc(-c6ccc(-c7cccc8cccnc78)cc6)c5c4)cc3)nc(-c3ccccc3)n2)cc1. The molecule has 0 fully saturated rings. The van der Waals surface area contributed by atoms with Crippen molar-refractivity contribution in [1.29, 1.82) is 0 Å². The maximum absolute atomic E-state index is 5.01.